The maximum atomic E-state index is 13.5. The number of piperidine rings is 1. The van der Waals surface area contributed by atoms with Crippen molar-refractivity contribution >= 4 is 5.91 Å². The Morgan fingerprint density at radius 1 is 1.07 bits per heavy atom. The maximum absolute atomic E-state index is 13.5. The second-order valence-corrected chi connectivity index (χ2v) is 8.12. The summed E-state index contributed by atoms with van der Waals surface area (Å²) in [6, 6.07) is 14.9. The highest BCUT2D eigenvalue weighted by Gasteiger charge is 2.50. The Labute approximate surface area is 172 Å². The minimum atomic E-state index is -0.735. The van der Waals surface area contributed by atoms with E-state index in [1.54, 1.807) is 14.2 Å². The molecule has 2 unspecified atom stereocenters. The van der Waals surface area contributed by atoms with Crippen LogP contribution in [0.1, 0.15) is 54.1 Å². The van der Waals surface area contributed by atoms with Crippen molar-refractivity contribution in [2.24, 2.45) is 5.92 Å². The molecule has 1 saturated carbocycles. The monoisotopic (exact) mass is 395 g/mol. The van der Waals surface area contributed by atoms with Gasteiger partial charge in [-0.2, -0.15) is 0 Å². The molecule has 5 nitrogen and oxygen atoms in total. The highest BCUT2D eigenvalue weighted by Crippen LogP contribution is 2.51. The van der Waals surface area contributed by atoms with E-state index in [1.165, 1.54) is 0 Å². The topological polar surface area (TPSA) is 59.0 Å². The van der Waals surface area contributed by atoms with Crippen LogP contribution in [0.3, 0.4) is 0 Å². The van der Waals surface area contributed by atoms with Crippen LogP contribution in [0.2, 0.25) is 0 Å². The molecule has 2 aromatic rings. The molecule has 1 amide bonds. The lowest BCUT2D eigenvalue weighted by Crippen LogP contribution is -2.56. The summed E-state index contributed by atoms with van der Waals surface area (Å²) in [5, 5.41) is 11.5. The molecule has 29 heavy (non-hydrogen) atoms. The van der Waals surface area contributed by atoms with Crippen LogP contribution in [-0.2, 0) is 0 Å². The van der Waals surface area contributed by atoms with Gasteiger partial charge in [-0.05, 0) is 43.5 Å². The second-order valence-electron chi connectivity index (χ2n) is 8.12. The number of hydrogen-bond donors (Lipinski definition) is 1. The third-order valence-electron chi connectivity index (χ3n) is 6.61. The van der Waals surface area contributed by atoms with E-state index >= 15 is 0 Å². The summed E-state index contributed by atoms with van der Waals surface area (Å²) in [6.07, 6.45) is 4.40. The smallest absolute Gasteiger partial charge is 0.254 e. The van der Waals surface area contributed by atoms with E-state index in [-0.39, 0.29) is 17.9 Å². The van der Waals surface area contributed by atoms with Crippen molar-refractivity contribution < 1.29 is 19.4 Å². The van der Waals surface area contributed by atoms with Crippen LogP contribution in [-0.4, -0.2) is 42.3 Å². The Kier molecular flexibility index (Phi) is 5.50. The van der Waals surface area contributed by atoms with Crippen molar-refractivity contribution in [3.05, 3.63) is 59.7 Å². The number of aliphatic hydroxyl groups is 1. The van der Waals surface area contributed by atoms with Crippen LogP contribution >= 0.6 is 0 Å². The van der Waals surface area contributed by atoms with Crippen LogP contribution in [0.4, 0.5) is 0 Å². The summed E-state index contributed by atoms with van der Waals surface area (Å²) in [6.45, 7) is 0.528. The van der Waals surface area contributed by atoms with Crippen LogP contribution in [0.5, 0.6) is 11.5 Å². The molecule has 1 aliphatic heterocycles. The molecule has 2 aromatic carbocycles. The van der Waals surface area contributed by atoms with Gasteiger partial charge >= 0.3 is 0 Å². The Hall–Kier alpha value is -2.53. The summed E-state index contributed by atoms with van der Waals surface area (Å²) < 4.78 is 11.0. The molecule has 1 heterocycles. The third kappa shape index (κ3) is 3.60. The van der Waals surface area contributed by atoms with E-state index in [4.69, 9.17) is 9.47 Å². The van der Waals surface area contributed by atoms with Crippen molar-refractivity contribution in [2.75, 3.05) is 20.8 Å². The summed E-state index contributed by atoms with van der Waals surface area (Å²) >= 11 is 0. The number of amides is 1. The van der Waals surface area contributed by atoms with Crippen LogP contribution in [0, 0.1) is 5.92 Å². The zero-order valence-electron chi connectivity index (χ0n) is 17.1. The number of carbonyl (C=O) groups is 1. The van der Waals surface area contributed by atoms with Gasteiger partial charge < -0.3 is 19.5 Å². The molecular formula is C24H29NO4. The van der Waals surface area contributed by atoms with E-state index < -0.39 is 5.60 Å². The fraction of sp³-hybridized carbons (Fsp3) is 0.458. The Morgan fingerprint density at radius 2 is 1.86 bits per heavy atom. The molecule has 0 radical (unpaired) electrons. The lowest BCUT2D eigenvalue weighted by atomic mass is 9.66. The number of hydrogen-bond acceptors (Lipinski definition) is 4. The van der Waals surface area contributed by atoms with Gasteiger partial charge in [0, 0.05) is 29.7 Å². The molecule has 0 aromatic heterocycles. The van der Waals surface area contributed by atoms with Crippen molar-refractivity contribution in [2.45, 2.75) is 43.7 Å². The predicted octanol–water partition coefficient (Wildman–Crippen LogP) is 4.21. The van der Waals surface area contributed by atoms with Crippen molar-refractivity contribution in [1.82, 2.24) is 4.90 Å². The largest absolute Gasteiger partial charge is 0.497 e. The number of ether oxygens (including phenoxy) is 2. The molecule has 4 rings (SSSR count). The van der Waals surface area contributed by atoms with Gasteiger partial charge in [0.15, 0.2) is 0 Å². The van der Waals surface area contributed by atoms with Crippen molar-refractivity contribution in [1.29, 1.82) is 0 Å². The predicted molar refractivity (Wildman–Crippen MR) is 111 cm³/mol. The number of fused-ring (bicyclic) bond motifs is 1. The Balaban J connectivity index is 1.80. The fourth-order valence-corrected chi connectivity index (χ4v) is 5.10. The summed E-state index contributed by atoms with van der Waals surface area (Å²) in [5.41, 5.74) is 0.871. The lowest BCUT2D eigenvalue weighted by Gasteiger charge is -2.52. The molecule has 0 bridgehead atoms. The number of methoxy groups -OCH3 is 2. The number of likely N-dealkylation sites (tertiary alicyclic amines) is 1. The third-order valence-corrected chi connectivity index (χ3v) is 6.61. The first-order valence-corrected chi connectivity index (χ1v) is 10.4. The molecule has 5 heteroatoms. The molecular weight excluding hydrogens is 366 g/mol. The standard InChI is InChI=1S/C24H29NO4/c1-28-18-11-12-19(21(16-18)29-2)22-20-10-6-7-13-24(20,27)14-15-25(22)23(26)17-8-4-3-5-9-17/h3-5,8-9,11-12,16,20,22,27H,6-7,10,13-15H2,1-2H3/t20?,22-,24?/m0/s1. The highest BCUT2D eigenvalue weighted by atomic mass is 16.5. The minimum absolute atomic E-state index is 0.00101. The fourth-order valence-electron chi connectivity index (χ4n) is 5.10. The average Bonchev–Trinajstić information content (AvgIpc) is 2.77. The van der Waals surface area contributed by atoms with E-state index in [0.29, 0.717) is 30.0 Å². The maximum Gasteiger partial charge on any atom is 0.254 e. The van der Waals surface area contributed by atoms with Gasteiger partial charge in [0.2, 0.25) is 0 Å². The number of nitrogens with zero attached hydrogens (tertiary/aromatic N) is 1. The van der Waals surface area contributed by atoms with E-state index in [2.05, 4.69) is 0 Å². The van der Waals surface area contributed by atoms with Gasteiger partial charge in [-0.15, -0.1) is 0 Å². The molecule has 154 valence electrons. The number of rotatable bonds is 4. The minimum Gasteiger partial charge on any atom is -0.497 e. The summed E-state index contributed by atoms with van der Waals surface area (Å²) in [7, 11) is 3.26. The van der Waals surface area contributed by atoms with Gasteiger partial charge in [0.1, 0.15) is 11.5 Å². The molecule has 3 atom stereocenters. The molecule has 1 N–H and O–H groups in total. The lowest BCUT2D eigenvalue weighted by molar-refractivity contribution is -0.115. The summed E-state index contributed by atoms with van der Waals surface area (Å²) in [4.78, 5) is 15.4. The number of benzene rings is 2. The van der Waals surface area contributed by atoms with Crippen LogP contribution in [0.15, 0.2) is 48.5 Å². The van der Waals surface area contributed by atoms with Gasteiger partial charge in [-0.1, -0.05) is 31.0 Å². The van der Waals surface area contributed by atoms with Gasteiger partial charge in [-0.3, -0.25) is 4.79 Å². The van der Waals surface area contributed by atoms with E-state index in [1.807, 2.05) is 53.4 Å². The zero-order valence-corrected chi connectivity index (χ0v) is 17.1. The summed E-state index contributed by atoms with van der Waals surface area (Å²) in [5.74, 6) is 1.39. The Bertz CT molecular complexity index is 868. The van der Waals surface area contributed by atoms with Crippen LogP contribution in [0.25, 0.3) is 0 Å². The number of carbonyl (C=O) groups excluding carboxylic acids is 1. The van der Waals surface area contributed by atoms with Crippen LogP contribution < -0.4 is 9.47 Å². The first-order chi connectivity index (χ1) is 14.1. The van der Waals surface area contributed by atoms with Gasteiger partial charge in [0.25, 0.3) is 5.91 Å². The Morgan fingerprint density at radius 3 is 2.59 bits per heavy atom. The average molecular weight is 395 g/mol. The molecule has 1 saturated heterocycles. The van der Waals surface area contributed by atoms with E-state index in [9.17, 15) is 9.90 Å². The molecule has 2 aliphatic rings. The highest BCUT2D eigenvalue weighted by molar-refractivity contribution is 5.94. The van der Waals surface area contributed by atoms with Crippen molar-refractivity contribution in [3.8, 4) is 11.5 Å². The van der Waals surface area contributed by atoms with Gasteiger partial charge in [0.05, 0.1) is 25.9 Å². The first-order valence-electron chi connectivity index (χ1n) is 10.4. The molecule has 1 aliphatic carbocycles. The zero-order chi connectivity index (χ0) is 20.4. The SMILES string of the molecule is COc1ccc([C@H]2C3CCCCC3(O)CCN2C(=O)c2ccccc2)c(OC)c1. The quantitative estimate of drug-likeness (QED) is 0.842. The molecule has 0 spiro atoms. The van der Waals surface area contributed by atoms with Gasteiger partial charge in [-0.25, -0.2) is 0 Å². The first kappa shape index (κ1) is 19.8. The van der Waals surface area contributed by atoms with E-state index in [0.717, 1.165) is 31.2 Å². The van der Waals surface area contributed by atoms with Crippen molar-refractivity contribution in [3.63, 3.8) is 0 Å². The second kappa shape index (κ2) is 8.07. The normalized spacial score (nSPS) is 26.5. The molecule has 2 fully saturated rings.